The average Bonchev–Trinajstić information content (AvgIpc) is 3.28. The molecule has 2 aromatic heterocycles. The molecule has 7 heteroatoms. The molecule has 152 valence electrons. The quantitative estimate of drug-likeness (QED) is 0.350. The third kappa shape index (κ3) is 4.38. The van der Waals surface area contributed by atoms with E-state index in [0.29, 0.717) is 0 Å². The van der Waals surface area contributed by atoms with Gasteiger partial charge in [-0.1, -0.05) is 36.4 Å². The number of ether oxygens (including phenoxy) is 1. The van der Waals surface area contributed by atoms with Gasteiger partial charge in [-0.3, -0.25) is 4.90 Å². The van der Waals surface area contributed by atoms with Crippen LogP contribution in [0.15, 0.2) is 72.0 Å². The third-order valence-electron chi connectivity index (χ3n) is 5.12. The lowest BCUT2D eigenvalue weighted by atomic mass is 10.2. The Balaban J connectivity index is 1.36. The van der Waals surface area contributed by atoms with Gasteiger partial charge in [-0.25, -0.2) is 14.6 Å². The van der Waals surface area contributed by atoms with Crippen molar-refractivity contribution in [1.29, 1.82) is 0 Å². The van der Waals surface area contributed by atoms with Crippen LogP contribution >= 0.6 is 11.8 Å². The van der Waals surface area contributed by atoms with Gasteiger partial charge in [-0.2, -0.15) is 5.10 Å². The SMILES string of the molecule is c1ccc(-n2cc(CSc3nc(CN4CCOCC4)nc4ccccc34)cn2)cc1. The van der Waals surface area contributed by atoms with E-state index in [1.165, 1.54) is 5.56 Å². The van der Waals surface area contributed by atoms with Gasteiger partial charge >= 0.3 is 0 Å². The summed E-state index contributed by atoms with van der Waals surface area (Å²) in [6.45, 7) is 4.17. The van der Waals surface area contributed by atoms with E-state index in [4.69, 9.17) is 14.7 Å². The molecule has 2 aromatic carbocycles. The molecule has 0 radical (unpaired) electrons. The van der Waals surface area contributed by atoms with Crippen molar-refractivity contribution >= 4 is 22.7 Å². The molecule has 1 aliphatic rings. The Labute approximate surface area is 179 Å². The molecule has 1 saturated heterocycles. The molecule has 30 heavy (non-hydrogen) atoms. The molecule has 0 amide bonds. The molecule has 0 N–H and O–H groups in total. The predicted molar refractivity (Wildman–Crippen MR) is 119 cm³/mol. The lowest BCUT2D eigenvalue weighted by Crippen LogP contribution is -2.36. The summed E-state index contributed by atoms with van der Waals surface area (Å²) in [5.74, 6) is 1.68. The van der Waals surface area contributed by atoms with Gasteiger partial charge in [0, 0.05) is 36.0 Å². The Hall–Kier alpha value is -2.74. The Bertz CT molecular complexity index is 1120. The largest absolute Gasteiger partial charge is 0.379 e. The summed E-state index contributed by atoms with van der Waals surface area (Å²) in [6, 6.07) is 18.4. The van der Waals surface area contributed by atoms with Crippen molar-refractivity contribution in [3.8, 4) is 5.69 Å². The van der Waals surface area contributed by atoms with E-state index < -0.39 is 0 Å². The summed E-state index contributed by atoms with van der Waals surface area (Å²) in [4.78, 5) is 12.1. The fourth-order valence-corrected chi connectivity index (χ4v) is 4.49. The highest BCUT2D eigenvalue weighted by atomic mass is 32.2. The van der Waals surface area contributed by atoms with Crippen LogP contribution in [-0.2, 0) is 17.0 Å². The summed E-state index contributed by atoms with van der Waals surface area (Å²) in [5, 5.41) is 6.63. The van der Waals surface area contributed by atoms with E-state index in [9.17, 15) is 0 Å². The van der Waals surface area contributed by atoms with E-state index in [1.54, 1.807) is 11.8 Å². The van der Waals surface area contributed by atoms with Crippen LogP contribution in [0.3, 0.4) is 0 Å². The Kier molecular flexibility index (Phi) is 5.74. The van der Waals surface area contributed by atoms with Crippen LogP contribution in [0.25, 0.3) is 16.6 Å². The Morgan fingerprint density at radius 3 is 2.60 bits per heavy atom. The summed E-state index contributed by atoms with van der Waals surface area (Å²) >= 11 is 1.74. The minimum Gasteiger partial charge on any atom is -0.379 e. The minimum absolute atomic E-state index is 0.758. The predicted octanol–water partition coefficient (Wildman–Crippen LogP) is 3.94. The number of benzene rings is 2. The molecule has 0 aliphatic carbocycles. The minimum atomic E-state index is 0.758. The fourth-order valence-electron chi connectivity index (χ4n) is 3.54. The monoisotopic (exact) mass is 417 g/mol. The number of thioether (sulfide) groups is 1. The van der Waals surface area contributed by atoms with Gasteiger partial charge < -0.3 is 4.74 Å². The van der Waals surface area contributed by atoms with E-state index in [0.717, 1.165) is 66.0 Å². The summed E-state index contributed by atoms with van der Waals surface area (Å²) in [6.07, 6.45) is 4.01. The highest BCUT2D eigenvalue weighted by molar-refractivity contribution is 7.98. The van der Waals surface area contributed by atoms with Gasteiger partial charge in [-0.05, 0) is 18.2 Å². The molecule has 0 spiro atoms. The summed E-state index contributed by atoms with van der Waals surface area (Å²) < 4.78 is 7.37. The second kappa shape index (κ2) is 8.95. The second-order valence-corrected chi connectivity index (χ2v) is 8.23. The first-order valence-electron chi connectivity index (χ1n) is 10.1. The standard InChI is InChI=1S/C23H23N5OS/c1-2-6-19(7-3-1)28-15-18(14-24-28)17-30-23-20-8-4-5-9-21(20)25-22(26-23)16-27-10-12-29-13-11-27/h1-9,14-15H,10-13,16-17H2. The molecular weight excluding hydrogens is 394 g/mol. The molecule has 3 heterocycles. The molecule has 0 atom stereocenters. The molecule has 1 fully saturated rings. The number of para-hydroxylation sites is 2. The molecule has 0 saturated carbocycles. The van der Waals surface area contributed by atoms with Crippen LogP contribution in [0, 0.1) is 0 Å². The summed E-state index contributed by atoms with van der Waals surface area (Å²) in [5.41, 5.74) is 3.23. The molecule has 5 rings (SSSR count). The maximum Gasteiger partial charge on any atom is 0.144 e. The molecular formula is C23H23N5OS. The number of aromatic nitrogens is 4. The van der Waals surface area contributed by atoms with E-state index in [-0.39, 0.29) is 0 Å². The number of hydrogen-bond donors (Lipinski definition) is 0. The zero-order chi connectivity index (χ0) is 20.2. The van der Waals surface area contributed by atoms with E-state index in [2.05, 4.69) is 40.5 Å². The van der Waals surface area contributed by atoms with Gasteiger partial charge in [0.05, 0.1) is 37.2 Å². The maximum absolute atomic E-state index is 5.46. The van der Waals surface area contributed by atoms with Crippen LogP contribution in [0.1, 0.15) is 11.4 Å². The van der Waals surface area contributed by atoms with Gasteiger partial charge in [0.1, 0.15) is 10.9 Å². The number of rotatable bonds is 6. The third-order valence-corrected chi connectivity index (χ3v) is 6.18. The zero-order valence-corrected chi connectivity index (χ0v) is 17.5. The molecule has 4 aromatic rings. The van der Waals surface area contributed by atoms with Crippen molar-refractivity contribution in [2.45, 2.75) is 17.3 Å². The molecule has 0 bridgehead atoms. The maximum atomic E-state index is 5.46. The van der Waals surface area contributed by atoms with Crippen molar-refractivity contribution in [3.63, 3.8) is 0 Å². The van der Waals surface area contributed by atoms with Gasteiger partial charge in [-0.15, -0.1) is 11.8 Å². The summed E-state index contributed by atoms with van der Waals surface area (Å²) in [7, 11) is 0. The van der Waals surface area contributed by atoms with Crippen molar-refractivity contribution in [2.75, 3.05) is 26.3 Å². The highest BCUT2D eigenvalue weighted by Gasteiger charge is 2.15. The van der Waals surface area contributed by atoms with Crippen molar-refractivity contribution in [2.24, 2.45) is 0 Å². The first kappa shape index (κ1) is 19.2. The second-order valence-electron chi connectivity index (χ2n) is 7.27. The van der Waals surface area contributed by atoms with Gasteiger partial charge in [0.25, 0.3) is 0 Å². The highest BCUT2D eigenvalue weighted by Crippen LogP contribution is 2.28. The Morgan fingerprint density at radius 1 is 0.933 bits per heavy atom. The van der Waals surface area contributed by atoms with Crippen LogP contribution in [0.4, 0.5) is 0 Å². The number of nitrogens with zero attached hydrogens (tertiary/aromatic N) is 5. The number of hydrogen-bond acceptors (Lipinski definition) is 6. The first-order chi connectivity index (χ1) is 14.8. The van der Waals surface area contributed by atoms with Crippen LogP contribution in [0.2, 0.25) is 0 Å². The molecule has 1 aliphatic heterocycles. The van der Waals surface area contributed by atoms with Gasteiger partial charge in [0.15, 0.2) is 0 Å². The normalized spacial score (nSPS) is 14.9. The zero-order valence-electron chi connectivity index (χ0n) is 16.6. The van der Waals surface area contributed by atoms with E-state index >= 15 is 0 Å². The number of morpholine rings is 1. The number of fused-ring (bicyclic) bond motifs is 1. The lowest BCUT2D eigenvalue weighted by Gasteiger charge is -2.25. The van der Waals surface area contributed by atoms with Crippen molar-refractivity contribution in [1.82, 2.24) is 24.6 Å². The smallest absolute Gasteiger partial charge is 0.144 e. The Morgan fingerprint density at radius 2 is 1.73 bits per heavy atom. The first-order valence-corrected chi connectivity index (χ1v) is 11.1. The van der Waals surface area contributed by atoms with Crippen LogP contribution < -0.4 is 0 Å². The molecule has 6 nitrogen and oxygen atoms in total. The van der Waals surface area contributed by atoms with Crippen molar-refractivity contribution < 1.29 is 4.74 Å². The fraction of sp³-hybridized carbons (Fsp3) is 0.261. The van der Waals surface area contributed by atoms with Crippen molar-refractivity contribution in [3.05, 3.63) is 78.4 Å². The van der Waals surface area contributed by atoms with Gasteiger partial charge in [0.2, 0.25) is 0 Å². The van der Waals surface area contributed by atoms with Crippen LogP contribution in [-0.4, -0.2) is 51.0 Å². The molecule has 0 unspecified atom stereocenters. The van der Waals surface area contributed by atoms with E-state index in [1.807, 2.05) is 41.2 Å². The lowest BCUT2D eigenvalue weighted by molar-refractivity contribution is 0.0330. The van der Waals surface area contributed by atoms with Crippen LogP contribution in [0.5, 0.6) is 0 Å². The average molecular weight is 418 g/mol. The topological polar surface area (TPSA) is 56.1 Å².